The lowest BCUT2D eigenvalue weighted by Crippen LogP contribution is -2.58. The average molecular weight is 310 g/mol. The molecule has 80 valence electrons. The molecule has 1 saturated heterocycles. The van der Waals surface area contributed by atoms with E-state index in [4.69, 9.17) is 9.47 Å². The van der Waals surface area contributed by atoms with Gasteiger partial charge in [-0.3, -0.25) is 0 Å². The molecule has 0 radical (unpaired) electrons. The van der Waals surface area contributed by atoms with Gasteiger partial charge in [0.1, 0.15) is 0 Å². The average Bonchev–Trinajstić information content (AvgIpc) is 2.44. The van der Waals surface area contributed by atoms with Crippen molar-refractivity contribution < 1.29 is 14.6 Å². The number of halogens is 1. The molecule has 1 heterocycles. The van der Waals surface area contributed by atoms with E-state index in [0.29, 0.717) is 15.8 Å². The van der Waals surface area contributed by atoms with E-state index in [2.05, 4.69) is 22.6 Å². The van der Waals surface area contributed by atoms with Gasteiger partial charge in [0.15, 0.2) is 5.79 Å². The highest BCUT2D eigenvalue weighted by Crippen LogP contribution is 2.58. The molecule has 0 amide bonds. The zero-order valence-corrected chi connectivity index (χ0v) is 10.1. The quantitative estimate of drug-likeness (QED) is 0.542. The first-order valence-corrected chi connectivity index (χ1v) is 6.57. The van der Waals surface area contributed by atoms with Crippen molar-refractivity contribution in [2.45, 2.75) is 35.1 Å². The number of ether oxygens (including phenoxy) is 2. The second-order valence-electron chi connectivity index (χ2n) is 4.58. The van der Waals surface area contributed by atoms with Crippen LogP contribution in [0.25, 0.3) is 0 Å². The molecule has 3 aliphatic rings. The van der Waals surface area contributed by atoms with E-state index in [1.807, 2.05) is 0 Å². The number of hydrogen-bond acceptors (Lipinski definition) is 3. The van der Waals surface area contributed by atoms with E-state index in [1.54, 1.807) is 0 Å². The van der Waals surface area contributed by atoms with E-state index < -0.39 is 0 Å². The van der Waals surface area contributed by atoms with Gasteiger partial charge in [-0.2, -0.15) is 0 Å². The lowest BCUT2D eigenvalue weighted by Gasteiger charge is -2.53. The molecular formula is C10H15IO3. The minimum atomic E-state index is -0.302. The van der Waals surface area contributed by atoms with E-state index in [0.717, 1.165) is 32.5 Å². The number of aliphatic hydroxyl groups excluding tert-OH is 1. The van der Waals surface area contributed by atoms with Crippen molar-refractivity contribution in [3.05, 3.63) is 0 Å². The van der Waals surface area contributed by atoms with Crippen LogP contribution >= 0.6 is 22.6 Å². The highest BCUT2D eigenvalue weighted by Gasteiger charge is 2.63. The van der Waals surface area contributed by atoms with Crippen molar-refractivity contribution >= 4 is 22.6 Å². The van der Waals surface area contributed by atoms with Gasteiger partial charge in [0.2, 0.25) is 0 Å². The van der Waals surface area contributed by atoms with Crippen LogP contribution < -0.4 is 0 Å². The second-order valence-corrected chi connectivity index (χ2v) is 6.02. The predicted molar refractivity (Wildman–Crippen MR) is 59.3 cm³/mol. The predicted octanol–water partition coefficient (Wildman–Crippen LogP) is 1.32. The van der Waals surface area contributed by atoms with Gasteiger partial charge in [-0.1, -0.05) is 22.6 Å². The Balaban J connectivity index is 1.75. The first-order valence-electron chi connectivity index (χ1n) is 5.33. The van der Waals surface area contributed by atoms with Gasteiger partial charge in [0, 0.05) is 16.3 Å². The van der Waals surface area contributed by atoms with Gasteiger partial charge in [-0.05, 0) is 18.8 Å². The normalized spacial score (nSPS) is 50.1. The van der Waals surface area contributed by atoms with E-state index in [-0.39, 0.29) is 11.9 Å². The summed E-state index contributed by atoms with van der Waals surface area (Å²) in [6, 6.07) is 0. The van der Waals surface area contributed by atoms with Crippen molar-refractivity contribution in [3.63, 3.8) is 0 Å². The number of rotatable bonds is 0. The number of aliphatic hydroxyl groups is 1. The van der Waals surface area contributed by atoms with Gasteiger partial charge in [-0.25, -0.2) is 0 Å². The first-order chi connectivity index (χ1) is 6.73. The zero-order valence-electron chi connectivity index (χ0n) is 7.99. The minimum Gasteiger partial charge on any atom is -0.392 e. The Bertz CT molecular complexity index is 240. The Hall–Kier alpha value is 0.610. The van der Waals surface area contributed by atoms with Crippen LogP contribution in [0.15, 0.2) is 0 Å². The Morgan fingerprint density at radius 3 is 2.64 bits per heavy atom. The molecule has 3 rings (SSSR count). The second kappa shape index (κ2) is 3.30. The smallest absolute Gasteiger partial charge is 0.171 e. The van der Waals surface area contributed by atoms with Crippen LogP contribution in [-0.2, 0) is 9.47 Å². The summed E-state index contributed by atoms with van der Waals surface area (Å²) in [5.74, 6) is 0.757. The van der Waals surface area contributed by atoms with Gasteiger partial charge in [0.05, 0.1) is 19.3 Å². The highest BCUT2D eigenvalue weighted by molar-refractivity contribution is 14.1. The highest BCUT2D eigenvalue weighted by atomic mass is 127. The summed E-state index contributed by atoms with van der Waals surface area (Å²) in [5, 5.41) is 9.77. The molecule has 2 saturated carbocycles. The van der Waals surface area contributed by atoms with Crippen LogP contribution in [0.3, 0.4) is 0 Å². The Morgan fingerprint density at radius 1 is 1.29 bits per heavy atom. The van der Waals surface area contributed by atoms with Crippen LogP contribution in [0, 0.1) is 11.8 Å². The Morgan fingerprint density at radius 2 is 2.00 bits per heavy atom. The van der Waals surface area contributed by atoms with Gasteiger partial charge in [0.25, 0.3) is 0 Å². The summed E-state index contributed by atoms with van der Waals surface area (Å²) < 4.78 is 12.0. The minimum absolute atomic E-state index is 0.154. The lowest BCUT2D eigenvalue weighted by molar-refractivity contribution is -0.346. The molecule has 3 fully saturated rings. The molecule has 4 heteroatoms. The fourth-order valence-electron chi connectivity index (χ4n) is 3.07. The van der Waals surface area contributed by atoms with Crippen molar-refractivity contribution in [2.24, 2.45) is 11.8 Å². The van der Waals surface area contributed by atoms with Crippen molar-refractivity contribution in [2.75, 3.05) is 13.2 Å². The summed E-state index contributed by atoms with van der Waals surface area (Å²) in [6.07, 6.45) is 2.70. The molecule has 1 spiro atoms. The lowest BCUT2D eigenvalue weighted by atomic mass is 9.69. The standard InChI is InChI=1S/C10H15IO3/c11-9-6-5-10(7(6)4-8(9)12)13-2-1-3-14-10/h6-9,12H,1-5H2. The molecule has 0 aromatic heterocycles. The van der Waals surface area contributed by atoms with E-state index in [1.165, 1.54) is 0 Å². The van der Waals surface area contributed by atoms with Crippen LogP contribution in [0.1, 0.15) is 19.3 Å². The summed E-state index contributed by atoms with van der Waals surface area (Å²) in [5.41, 5.74) is 0. The fraction of sp³-hybridized carbons (Fsp3) is 1.00. The number of fused-ring (bicyclic) bond motifs is 2. The maximum atomic E-state index is 9.77. The molecule has 0 aromatic rings. The molecule has 4 atom stereocenters. The van der Waals surface area contributed by atoms with Crippen molar-refractivity contribution in [1.82, 2.24) is 0 Å². The Labute approximate surface area is 97.3 Å². The van der Waals surface area contributed by atoms with Crippen molar-refractivity contribution in [1.29, 1.82) is 0 Å². The topological polar surface area (TPSA) is 38.7 Å². The van der Waals surface area contributed by atoms with Crippen LogP contribution in [0.2, 0.25) is 0 Å². The molecule has 14 heavy (non-hydrogen) atoms. The van der Waals surface area contributed by atoms with Crippen molar-refractivity contribution in [3.8, 4) is 0 Å². The maximum absolute atomic E-state index is 9.77. The summed E-state index contributed by atoms with van der Waals surface area (Å²) in [7, 11) is 0. The number of alkyl halides is 1. The third-order valence-electron chi connectivity index (χ3n) is 3.86. The van der Waals surface area contributed by atoms with Crippen LogP contribution in [0.5, 0.6) is 0 Å². The van der Waals surface area contributed by atoms with E-state index in [9.17, 15) is 5.11 Å². The maximum Gasteiger partial charge on any atom is 0.171 e. The summed E-state index contributed by atoms with van der Waals surface area (Å²) in [4.78, 5) is 0. The summed E-state index contributed by atoms with van der Waals surface area (Å²) in [6.45, 7) is 1.65. The van der Waals surface area contributed by atoms with Gasteiger partial charge < -0.3 is 14.6 Å². The molecule has 3 nitrogen and oxygen atoms in total. The largest absolute Gasteiger partial charge is 0.392 e. The van der Waals surface area contributed by atoms with Gasteiger partial charge >= 0.3 is 0 Å². The monoisotopic (exact) mass is 310 g/mol. The molecular weight excluding hydrogens is 295 g/mol. The van der Waals surface area contributed by atoms with Crippen LogP contribution in [-0.4, -0.2) is 34.1 Å². The fourth-order valence-corrected chi connectivity index (χ4v) is 4.12. The molecule has 1 aliphatic heterocycles. The molecule has 0 bridgehead atoms. The van der Waals surface area contributed by atoms with Gasteiger partial charge in [-0.15, -0.1) is 0 Å². The Kier molecular flexibility index (Phi) is 2.31. The molecule has 0 aromatic carbocycles. The van der Waals surface area contributed by atoms with Crippen LogP contribution in [0.4, 0.5) is 0 Å². The SMILES string of the molecule is OC1CC2C(CC23OCCCO3)C1I. The molecule has 4 unspecified atom stereocenters. The first kappa shape index (κ1) is 9.81. The van der Waals surface area contributed by atoms with E-state index >= 15 is 0 Å². The zero-order chi connectivity index (χ0) is 9.76. The summed E-state index contributed by atoms with van der Waals surface area (Å²) >= 11 is 2.37. The molecule has 2 aliphatic carbocycles. The molecule has 1 N–H and O–H groups in total. The third kappa shape index (κ3) is 1.20. The number of hydrogen-bond donors (Lipinski definition) is 1. The third-order valence-corrected chi connectivity index (χ3v) is 5.61.